The van der Waals surface area contributed by atoms with Gasteiger partial charge in [-0.1, -0.05) is 38.1 Å². The summed E-state index contributed by atoms with van der Waals surface area (Å²) in [5.41, 5.74) is 2.70. The van der Waals surface area contributed by atoms with Gasteiger partial charge in [0.15, 0.2) is 0 Å². The highest BCUT2D eigenvalue weighted by Crippen LogP contribution is 2.29. The highest BCUT2D eigenvalue weighted by molar-refractivity contribution is 5.78. The van der Waals surface area contributed by atoms with E-state index in [-0.39, 0.29) is 17.9 Å². The summed E-state index contributed by atoms with van der Waals surface area (Å²) in [6, 6.07) is 8.66. The van der Waals surface area contributed by atoms with E-state index >= 15 is 0 Å². The van der Waals surface area contributed by atoms with Crippen LogP contribution in [0.2, 0.25) is 0 Å². The summed E-state index contributed by atoms with van der Waals surface area (Å²) in [5, 5.41) is 3.14. The number of amides is 1. The Morgan fingerprint density at radius 1 is 1.38 bits per heavy atom. The topological polar surface area (TPSA) is 29.1 Å². The number of nitrogens with one attached hydrogen (secondary N) is 1. The molecule has 1 aromatic carbocycles. The summed E-state index contributed by atoms with van der Waals surface area (Å²) < 4.78 is 0. The standard InChI is InChI=1S/C14H19NO/c1-10(2)14(16)15-13-9-5-7-11-6-3-4-8-12(11)13/h3-4,6,8,10,13H,5,7,9H2,1-2H3,(H,15,16)/t13-/m0/s1. The van der Waals surface area contributed by atoms with Crippen LogP contribution in [0.1, 0.15) is 43.9 Å². The molecular weight excluding hydrogens is 198 g/mol. The number of aryl methyl sites for hydroxylation is 1. The second kappa shape index (κ2) is 4.69. The van der Waals surface area contributed by atoms with Crippen LogP contribution in [0.4, 0.5) is 0 Å². The smallest absolute Gasteiger partial charge is 0.223 e. The van der Waals surface area contributed by atoms with Gasteiger partial charge in [0, 0.05) is 5.92 Å². The molecule has 0 aliphatic heterocycles. The first-order chi connectivity index (χ1) is 7.68. The van der Waals surface area contributed by atoms with Crippen LogP contribution in [0.5, 0.6) is 0 Å². The molecule has 0 unspecified atom stereocenters. The monoisotopic (exact) mass is 217 g/mol. The van der Waals surface area contributed by atoms with Crippen LogP contribution >= 0.6 is 0 Å². The van der Waals surface area contributed by atoms with Crippen molar-refractivity contribution in [3.63, 3.8) is 0 Å². The predicted octanol–water partition coefficient (Wildman–Crippen LogP) is 2.84. The first-order valence-corrected chi connectivity index (χ1v) is 6.06. The third kappa shape index (κ3) is 2.26. The van der Waals surface area contributed by atoms with Gasteiger partial charge in [-0.05, 0) is 30.4 Å². The van der Waals surface area contributed by atoms with Gasteiger partial charge in [0.2, 0.25) is 5.91 Å². The van der Waals surface area contributed by atoms with E-state index in [1.807, 2.05) is 13.8 Å². The van der Waals surface area contributed by atoms with Crippen molar-refractivity contribution >= 4 is 5.91 Å². The van der Waals surface area contributed by atoms with E-state index in [4.69, 9.17) is 0 Å². The molecule has 0 radical (unpaired) electrons. The van der Waals surface area contributed by atoms with Crippen molar-refractivity contribution < 1.29 is 4.79 Å². The Bertz CT molecular complexity index is 384. The zero-order valence-electron chi connectivity index (χ0n) is 9.99. The lowest BCUT2D eigenvalue weighted by atomic mass is 9.87. The van der Waals surface area contributed by atoms with Gasteiger partial charge in [0.25, 0.3) is 0 Å². The highest BCUT2D eigenvalue weighted by Gasteiger charge is 2.21. The normalized spacial score (nSPS) is 19.3. The quantitative estimate of drug-likeness (QED) is 0.811. The van der Waals surface area contributed by atoms with E-state index in [1.54, 1.807) is 0 Å². The summed E-state index contributed by atoms with van der Waals surface area (Å²) in [6.07, 6.45) is 3.37. The summed E-state index contributed by atoms with van der Waals surface area (Å²) in [5.74, 6) is 0.218. The van der Waals surface area contributed by atoms with E-state index in [1.165, 1.54) is 17.5 Å². The Balaban J connectivity index is 2.16. The molecule has 86 valence electrons. The summed E-state index contributed by atoms with van der Waals surface area (Å²) in [7, 11) is 0. The van der Waals surface area contributed by atoms with Gasteiger partial charge in [-0.15, -0.1) is 0 Å². The number of carbonyl (C=O) groups is 1. The van der Waals surface area contributed by atoms with Gasteiger partial charge in [-0.2, -0.15) is 0 Å². The highest BCUT2D eigenvalue weighted by atomic mass is 16.1. The molecule has 1 atom stereocenters. The molecule has 0 heterocycles. The maximum atomic E-state index is 11.7. The minimum absolute atomic E-state index is 0.0640. The van der Waals surface area contributed by atoms with Gasteiger partial charge < -0.3 is 5.32 Å². The number of hydrogen-bond donors (Lipinski definition) is 1. The van der Waals surface area contributed by atoms with Crippen molar-refractivity contribution in [1.29, 1.82) is 0 Å². The molecule has 0 saturated carbocycles. The fourth-order valence-corrected chi connectivity index (χ4v) is 2.24. The molecule has 0 fully saturated rings. The van der Waals surface area contributed by atoms with Crippen LogP contribution in [-0.4, -0.2) is 5.91 Å². The maximum absolute atomic E-state index is 11.7. The molecule has 16 heavy (non-hydrogen) atoms. The Kier molecular flexibility index (Phi) is 3.28. The molecule has 1 amide bonds. The maximum Gasteiger partial charge on any atom is 0.223 e. The first kappa shape index (κ1) is 11.2. The molecule has 1 aliphatic rings. The average Bonchev–Trinajstić information content (AvgIpc) is 2.29. The van der Waals surface area contributed by atoms with Gasteiger partial charge in [-0.25, -0.2) is 0 Å². The van der Waals surface area contributed by atoms with Gasteiger partial charge in [0.05, 0.1) is 6.04 Å². The molecule has 0 aromatic heterocycles. The van der Waals surface area contributed by atoms with Crippen LogP contribution in [0, 0.1) is 5.92 Å². The van der Waals surface area contributed by atoms with E-state index in [9.17, 15) is 4.79 Å². The van der Waals surface area contributed by atoms with Crippen molar-refractivity contribution in [3.8, 4) is 0 Å². The lowest BCUT2D eigenvalue weighted by Gasteiger charge is -2.27. The van der Waals surface area contributed by atoms with Crippen LogP contribution in [0.25, 0.3) is 0 Å². The minimum atomic E-state index is 0.0640. The largest absolute Gasteiger partial charge is 0.349 e. The molecule has 1 N–H and O–H groups in total. The van der Waals surface area contributed by atoms with E-state index < -0.39 is 0 Å². The molecule has 1 aliphatic carbocycles. The third-order valence-electron chi connectivity index (χ3n) is 3.21. The fourth-order valence-electron chi connectivity index (χ4n) is 2.24. The van der Waals surface area contributed by atoms with E-state index in [2.05, 4.69) is 29.6 Å². The lowest BCUT2D eigenvalue weighted by Crippen LogP contribution is -2.33. The second-order valence-electron chi connectivity index (χ2n) is 4.81. The minimum Gasteiger partial charge on any atom is -0.349 e. The first-order valence-electron chi connectivity index (χ1n) is 6.06. The molecule has 2 heteroatoms. The summed E-state index contributed by atoms with van der Waals surface area (Å²) in [4.78, 5) is 11.7. The van der Waals surface area contributed by atoms with Crippen LogP contribution in [-0.2, 0) is 11.2 Å². The molecule has 0 saturated heterocycles. The Morgan fingerprint density at radius 3 is 2.88 bits per heavy atom. The summed E-state index contributed by atoms with van der Waals surface area (Å²) >= 11 is 0. The number of rotatable bonds is 2. The molecule has 2 nitrogen and oxygen atoms in total. The Morgan fingerprint density at radius 2 is 2.12 bits per heavy atom. The second-order valence-corrected chi connectivity index (χ2v) is 4.81. The average molecular weight is 217 g/mol. The fraction of sp³-hybridized carbons (Fsp3) is 0.500. The summed E-state index contributed by atoms with van der Waals surface area (Å²) in [6.45, 7) is 3.87. The van der Waals surface area contributed by atoms with Crippen molar-refractivity contribution in [2.24, 2.45) is 5.92 Å². The van der Waals surface area contributed by atoms with E-state index in [0.29, 0.717) is 0 Å². The van der Waals surface area contributed by atoms with Crippen molar-refractivity contribution in [1.82, 2.24) is 5.32 Å². The SMILES string of the molecule is CC(C)C(=O)N[C@H]1CCCc2ccccc21. The number of benzene rings is 1. The Labute approximate surface area is 97.1 Å². The van der Waals surface area contributed by atoms with Crippen LogP contribution in [0.15, 0.2) is 24.3 Å². The molecule has 0 bridgehead atoms. The van der Waals surface area contributed by atoms with Crippen molar-refractivity contribution in [2.75, 3.05) is 0 Å². The van der Waals surface area contributed by atoms with E-state index in [0.717, 1.165) is 12.8 Å². The molecule has 1 aromatic rings. The molecule has 2 rings (SSSR count). The predicted molar refractivity (Wildman–Crippen MR) is 65.1 cm³/mol. The van der Waals surface area contributed by atoms with Gasteiger partial charge in [0.1, 0.15) is 0 Å². The Hall–Kier alpha value is -1.31. The number of hydrogen-bond acceptors (Lipinski definition) is 1. The zero-order chi connectivity index (χ0) is 11.5. The third-order valence-corrected chi connectivity index (χ3v) is 3.21. The van der Waals surface area contributed by atoms with Crippen molar-refractivity contribution in [2.45, 2.75) is 39.2 Å². The zero-order valence-corrected chi connectivity index (χ0v) is 9.99. The molecule has 0 spiro atoms. The van der Waals surface area contributed by atoms with Crippen LogP contribution in [0.3, 0.4) is 0 Å². The van der Waals surface area contributed by atoms with Gasteiger partial charge >= 0.3 is 0 Å². The van der Waals surface area contributed by atoms with Crippen molar-refractivity contribution in [3.05, 3.63) is 35.4 Å². The molecular formula is C14H19NO. The number of carbonyl (C=O) groups excluding carboxylic acids is 1. The number of fused-ring (bicyclic) bond motifs is 1. The van der Waals surface area contributed by atoms with Crippen LogP contribution < -0.4 is 5.32 Å². The van der Waals surface area contributed by atoms with Gasteiger partial charge in [-0.3, -0.25) is 4.79 Å². The lowest BCUT2D eigenvalue weighted by molar-refractivity contribution is -0.124.